The molecule has 3 aromatic rings. The minimum atomic E-state index is -3.95. The number of benzene rings is 2. The molecule has 0 aliphatic heterocycles. The minimum absolute atomic E-state index is 0.107. The summed E-state index contributed by atoms with van der Waals surface area (Å²) in [6, 6.07) is 8.97. The van der Waals surface area contributed by atoms with Crippen molar-refractivity contribution in [1.82, 2.24) is 4.57 Å². The van der Waals surface area contributed by atoms with Crippen LogP contribution in [0.1, 0.15) is 17.3 Å². The van der Waals surface area contributed by atoms with Crippen LogP contribution in [0.3, 0.4) is 0 Å². The van der Waals surface area contributed by atoms with E-state index in [9.17, 15) is 28.1 Å². The summed E-state index contributed by atoms with van der Waals surface area (Å²) in [7, 11) is -3.95. The molecule has 31 heavy (non-hydrogen) atoms. The van der Waals surface area contributed by atoms with Gasteiger partial charge in [0.1, 0.15) is 6.54 Å². The monoisotopic (exact) mass is 464 g/mol. The van der Waals surface area contributed by atoms with Gasteiger partial charge < -0.3 is 9.30 Å². The zero-order valence-corrected chi connectivity index (χ0v) is 17.7. The summed E-state index contributed by atoms with van der Waals surface area (Å²) in [6.07, 6.45) is 0. The maximum absolute atomic E-state index is 12.6. The number of nitro groups is 1. The van der Waals surface area contributed by atoms with Crippen LogP contribution in [-0.2, 0) is 26.1 Å². The fourth-order valence-electron chi connectivity index (χ4n) is 2.68. The second kappa shape index (κ2) is 8.75. The van der Waals surface area contributed by atoms with Crippen LogP contribution < -0.4 is 9.94 Å². The maximum Gasteiger partial charge on any atom is 0.326 e. The van der Waals surface area contributed by atoms with Crippen LogP contribution in [0.4, 0.5) is 5.69 Å². The van der Waals surface area contributed by atoms with Crippen molar-refractivity contribution in [2.45, 2.75) is 18.4 Å². The number of nitrogens with two attached hydrogens (primary N) is 1. The first-order valence-corrected chi connectivity index (χ1v) is 11.1. The molecule has 0 saturated heterocycles. The predicted molar refractivity (Wildman–Crippen MR) is 111 cm³/mol. The number of esters is 1. The lowest BCUT2D eigenvalue weighted by Gasteiger charge is -2.05. The van der Waals surface area contributed by atoms with Gasteiger partial charge in [0.25, 0.3) is 11.6 Å². The van der Waals surface area contributed by atoms with Crippen molar-refractivity contribution >= 4 is 49.1 Å². The van der Waals surface area contributed by atoms with Gasteiger partial charge in [0, 0.05) is 17.7 Å². The first-order valence-electron chi connectivity index (χ1n) is 8.75. The second-order valence-electron chi connectivity index (χ2n) is 6.17. The Labute approximate surface area is 179 Å². The molecule has 0 radical (unpaired) electrons. The number of fused-ring (bicyclic) bond motifs is 1. The van der Waals surface area contributed by atoms with E-state index in [0.29, 0.717) is 10.2 Å². The lowest BCUT2D eigenvalue weighted by molar-refractivity contribution is -0.384. The van der Waals surface area contributed by atoms with Crippen LogP contribution >= 0.6 is 11.3 Å². The molecule has 0 unspecified atom stereocenters. The van der Waals surface area contributed by atoms with Crippen molar-refractivity contribution in [1.29, 1.82) is 0 Å². The Hall–Kier alpha value is -3.42. The summed E-state index contributed by atoms with van der Waals surface area (Å²) >= 11 is 0.985. The Morgan fingerprint density at radius 2 is 1.90 bits per heavy atom. The van der Waals surface area contributed by atoms with Gasteiger partial charge in [-0.1, -0.05) is 11.3 Å². The van der Waals surface area contributed by atoms with Crippen molar-refractivity contribution in [3.63, 3.8) is 0 Å². The van der Waals surface area contributed by atoms with Gasteiger partial charge in [-0.3, -0.25) is 19.7 Å². The number of primary sulfonamides is 1. The number of ether oxygens (including phenoxy) is 1. The molecule has 162 valence electrons. The summed E-state index contributed by atoms with van der Waals surface area (Å²) in [5.41, 5.74) is 0.392. The van der Waals surface area contributed by atoms with E-state index in [2.05, 4.69) is 4.99 Å². The van der Waals surface area contributed by atoms with E-state index in [1.165, 1.54) is 47.0 Å². The Morgan fingerprint density at radius 3 is 2.48 bits per heavy atom. The maximum atomic E-state index is 12.6. The van der Waals surface area contributed by atoms with Crippen LogP contribution in [0.25, 0.3) is 10.2 Å². The second-order valence-corrected chi connectivity index (χ2v) is 8.74. The molecule has 1 amide bonds. The van der Waals surface area contributed by atoms with E-state index in [1.54, 1.807) is 6.92 Å². The number of nitrogens with zero attached hydrogens (tertiary/aromatic N) is 3. The molecule has 1 heterocycles. The van der Waals surface area contributed by atoms with Gasteiger partial charge in [-0.05, 0) is 37.3 Å². The van der Waals surface area contributed by atoms with Gasteiger partial charge in [0.15, 0.2) is 4.80 Å². The number of sulfonamides is 1. The Balaban J connectivity index is 2.12. The number of rotatable bonds is 6. The quantitative estimate of drug-likeness (QED) is 0.328. The smallest absolute Gasteiger partial charge is 0.326 e. The van der Waals surface area contributed by atoms with Gasteiger partial charge in [-0.15, -0.1) is 0 Å². The van der Waals surface area contributed by atoms with Gasteiger partial charge in [0.2, 0.25) is 10.0 Å². The van der Waals surface area contributed by atoms with Crippen molar-refractivity contribution in [2.24, 2.45) is 10.1 Å². The summed E-state index contributed by atoms with van der Waals surface area (Å²) in [4.78, 5) is 38.8. The van der Waals surface area contributed by atoms with Crippen molar-refractivity contribution in [3.05, 3.63) is 62.9 Å². The summed E-state index contributed by atoms with van der Waals surface area (Å²) < 4.78 is 30.1. The molecule has 0 spiro atoms. The fourth-order valence-corrected chi connectivity index (χ4v) is 4.36. The van der Waals surface area contributed by atoms with E-state index in [0.717, 1.165) is 11.3 Å². The van der Waals surface area contributed by atoms with Crippen LogP contribution in [0.2, 0.25) is 0 Å². The highest BCUT2D eigenvalue weighted by molar-refractivity contribution is 7.89. The van der Waals surface area contributed by atoms with Gasteiger partial charge in [0.05, 0.1) is 26.6 Å². The lowest BCUT2D eigenvalue weighted by atomic mass is 10.2. The number of non-ortho nitro benzene ring substituents is 1. The third-order valence-corrected chi connectivity index (χ3v) is 6.05. The zero-order valence-electron chi connectivity index (χ0n) is 16.0. The number of hydrogen-bond acceptors (Lipinski definition) is 8. The van der Waals surface area contributed by atoms with Crippen molar-refractivity contribution < 1.29 is 27.7 Å². The average Bonchev–Trinajstić information content (AvgIpc) is 3.03. The Morgan fingerprint density at radius 1 is 1.23 bits per heavy atom. The van der Waals surface area contributed by atoms with Crippen LogP contribution in [0.5, 0.6) is 0 Å². The molecule has 0 aliphatic carbocycles. The number of aromatic nitrogens is 1. The molecular weight excluding hydrogens is 448 g/mol. The molecule has 13 heteroatoms. The van der Waals surface area contributed by atoms with Crippen LogP contribution in [-0.4, -0.2) is 36.4 Å². The zero-order chi connectivity index (χ0) is 22.8. The van der Waals surface area contributed by atoms with Gasteiger partial charge in [-0.2, -0.15) is 4.99 Å². The van der Waals surface area contributed by atoms with E-state index in [1.807, 2.05) is 0 Å². The average molecular weight is 464 g/mol. The highest BCUT2D eigenvalue weighted by Gasteiger charge is 2.16. The molecule has 0 atom stereocenters. The molecule has 2 aromatic carbocycles. The molecule has 3 rings (SSSR count). The topological polar surface area (TPSA) is 164 Å². The molecule has 0 aliphatic rings. The molecule has 2 N–H and O–H groups in total. The van der Waals surface area contributed by atoms with Crippen LogP contribution in [0, 0.1) is 10.1 Å². The third-order valence-electron chi connectivity index (χ3n) is 4.10. The first kappa shape index (κ1) is 22.3. The summed E-state index contributed by atoms with van der Waals surface area (Å²) in [5.74, 6) is -1.26. The van der Waals surface area contributed by atoms with Crippen LogP contribution in [0.15, 0.2) is 52.4 Å². The van der Waals surface area contributed by atoms with E-state index in [4.69, 9.17) is 9.88 Å². The molecule has 11 nitrogen and oxygen atoms in total. The molecular formula is C18H16N4O7S2. The summed E-state index contributed by atoms with van der Waals surface area (Å²) in [5, 5.41) is 15.9. The fraction of sp³-hybridized carbons (Fsp3) is 0.167. The number of amides is 1. The number of nitro benzene ring substituents is 1. The van der Waals surface area contributed by atoms with Crippen molar-refractivity contribution in [2.75, 3.05) is 6.61 Å². The molecule has 0 fully saturated rings. The SMILES string of the molecule is CCOC(=O)Cn1c(=NC(=O)c2ccc([N+](=O)[O-])cc2)sc2cc(S(N)(=O)=O)ccc21. The largest absolute Gasteiger partial charge is 0.465 e. The predicted octanol–water partition coefficient (Wildman–Crippen LogP) is 1.56. The number of carbonyl (C=O) groups excluding carboxylic acids is 2. The molecule has 0 saturated carbocycles. The summed E-state index contributed by atoms with van der Waals surface area (Å²) in [6.45, 7) is 1.55. The van der Waals surface area contributed by atoms with E-state index in [-0.39, 0.29) is 34.1 Å². The normalized spacial score (nSPS) is 12.1. The standard InChI is InChI=1S/C18H16N4O7S2/c1-2-29-16(23)10-21-14-8-7-13(31(19,27)28)9-15(14)30-18(21)20-17(24)11-3-5-12(6-4-11)22(25)26/h3-9H,2,10H2,1H3,(H2,19,27,28). The first-order chi connectivity index (χ1) is 14.6. The van der Waals surface area contributed by atoms with E-state index < -0.39 is 26.8 Å². The highest BCUT2D eigenvalue weighted by Crippen LogP contribution is 2.22. The molecule has 1 aromatic heterocycles. The third kappa shape index (κ3) is 5.02. The highest BCUT2D eigenvalue weighted by atomic mass is 32.2. The lowest BCUT2D eigenvalue weighted by Crippen LogP contribution is -2.23. The Bertz CT molecular complexity index is 1360. The number of thiazole rings is 1. The van der Waals surface area contributed by atoms with Crippen molar-refractivity contribution in [3.8, 4) is 0 Å². The number of hydrogen-bond donors (Lipinski definition) is 1. The number of carbonyl (C=O) groups is 2. The molecule has 0 bridgehead atoms. The van der Waals surface area contributed by atoms with E-state index >= 15 is 0 Å². The van der Waals surface area contributed by atoms with Gasteiger partial charge >= 0.3 is 5.97 Å². The van der Waals surface area contributed by atoms with Gasteiger partial charge in [-0.25, -0.2) is 13.6 Å². The minimum Gasteiger partial charge on any atom is -0.465 e. The Kier molecular flexibility index (Phi) is 6.29.